The first kappa shape index (κ1) is 18.3. The van der Waals surface area contributed by atoms with Crippen LogP contribution in [0.5, 0.6) is 5.75 Å². The topological polar surface area (TPSA) is 76.7 Å². The van der Waals surface area contributed by atoms with Crippen molar-refractivity contribution in [3.05, 3.63) is 53.8 Å². The summed E-state index contributed by atoms with van der Waals surface area (Å²) in [4.78, 5) is 23.2. The highest BCUT2D eigenvalue weighted by atomic mass is 19.1. The minimum absolute atomic E-state index is 0.101. The first-order valence-electron chi connectivity index (χ1n) is 7.57. The molecule has 0 saturated carbocycles. The summed E-state index contributed by atoms with van der Waals surface area (Å²) in [6, 6.07) is 11.0. The van der Waals surface area contributed by atoms with Gasteiger partial charge in [0.1, 0.15) is 11.6 Å². The summed E-state index contributed by atoms with van der Waals surface area (Å²) in [7, 11) is 1.27. The van der Waals surface area contributed by atoms with Gasteiger partial charge >= 0.3 is 6.09 Å². The zero-order valence-electron chi connectivity index (χ0n) is 14.1. The van der Waals surface area contributed by atoms with Gasteiger partial charge in [0.15, 0.2) is 6.10 Å². The van der Waals surface area contributed by atoms with E-state index < -0.39 is 23.9 Å². The third-order valence-corrected chi connectivity index (χ3v) is 3.35. The lowest BCUT2D eigenvalue weighted by Crippen LogP contribution is -2.30. The fraction of sp³-hybridized carbons (Fsp3) is 0.222. The summed E-state index contributed by atoms with van der Waals surface area (Å²) in [5, 5.41) is 4.99. The first-order chi connectivity index (χ1) is 11.9. The van der Waals surface area contributed by atoms with Gasteiger partial charge in [-0.15, -0.1) is 0 Å². The summed E-state index contributed by atoms with van der Waals surface area (Å²) in [6.07, 6.45) is -1.42. The molecule has 1 atom stereocenters. The molecule has 2 N–H and O–H groups in total. The average molecular weight is 346 g/mol. The lowest BCUT2D eigenvalue weighted by molar-refractivity contribution is -0.122. The normalized spacial score (nSPS) is 11.4. The van der Waals surface area contributed by atoms with Crippen molar-refractivity contribution in [1.29, 1.82) is 0 Å². The molecule has 0 aliphatic rings. The maximum Gasteiger partial charge on any atom is 0.411 e. The molecule has 0 aliphatic carbocycles. The number of hydrogen-bond donors (Lipinski definition) is 2. The van der Waals surface area contributed by atoms with E-state index in [1.165, 1.54) is 19.2 Å². The molecule has 0 aliphatic heterocycles. The van der Waals surface area contributed by atoms with Gasteiger partial charge in [0.25, 0.3) is 5.91 Å². The van der Waals surface area contributed by atoms with Gasteiger partial charge in [-0.2, -0.15) is 0 Å². The van der Waals surface area contributed by atoms with E-state index in [9.17, 15) is 14.0 Å². The molecular weight excluding hydrogens is 327 g/mol. The predicted molar refractivity (Wildman–Crippen MR) is 92.3 cm³/mol. The number of methoxy groups -OCH3 is 1. The summed E-state index contributed by atoms with van der Waals surface area (Å²) >= 11 is 0. The monoisotopic (exact) mass is 346 g/mol. The van der Waals surface area contributed by atoms with Crippen LogP contribution in [0.25, 0.3) is 0 Å². The Morgan fingerprint density at radius 3 is 2.36 bits per heavy atom. The fourth-order valence-electron chi connectivity index (χ4n) is 2.00. The lowest BCUT2D eigenvalue weighted by Gasteiger charge is -2.15. The SMILES string of the molecule is COC(=O)Nc1ccc(OC(C)C(=O)Nc2ccc(C)cc2F)cc1. The highest BCUT2D eigenvalue weighted by Gasteiger charge is 2.16. The molecule has 0 saturated heterocycles. The van der Waals surface area contributed by atoms with Crippen LogP contribution in [0, 0.1) is 12.7 Å². The molecule has 0 spiro atoms. The third-order valence-electron chi connectivity index (χ3n) is 3.35. The second-order valence-electron chi connectivity index (χ2n) is 5.37. The van der Waals surface area contributed by atoms with E-state index in [0.29, 0.717) is 11.4 Å². The molecule has 2 aromatic carbocycles. The second kappa shape index (κ2) is 8.14. The van der Waals surface area contributed by atoms with Gasteiger partial charge < -0.3 is 14.8 Å². The molecule has 0 aromatic heterocycles. The standard InChI is InChI=1S/C18H19FN2O4/c1-11-4-9-16(15(19)10-11)21-17(22)12(2)25-14-7-5-13(6-8-14)20-18(23)24-3/h4-10,12H,1-3H3,(H,20,23)(H,21,22). The summed E-state index contributed by atoms with van der Waals surface area (Å²) in [5.74, 6) is -0.541. The van der Waals surface area contributed by atoms with E-state index >= 15 is 0 Å². The minimum Gasteiger partial charge on any atom is -0.481 e. The fourth-order valence-corrected chi connectivity index (χ4v) is 2.00. The number of halogens is 1. The van der Waals surface area contributed by atoms with Crippen LogP contribution < -0.4 is 15.4 Å². The van der Waals surface area contributed by atoms with Gasteiger partial charge in [0, 0.05) is 5.69 Å². The van der Waals surface area contributed by atoms with Crippen LogP contribution in [0.4, 0.5) is 20.6 Å². The maximum absolute atomic E-state index is 13.8. The maximum atomic E-state index is 13.8. The average Bonchev–Trinajstić information content (AvgIpc) is 2.58. The van der Waals surface area contributed by atoms with Crippen LogP contribution in [-0.4, -0.2) is 25.2 Å². The number of carbonyl (C=O) groups excluding carboxylic acids is 2. The molecule has 2 amide bonds. The largest absolute Gasteiger partial charge is 0.481 e. The van der Waals surface area contributed by atoms with E-state index in [0.717, 1.165) is 5.56 Å². The van der Waals surface area contributed by atoms with E-state index in [1.54, 1.807) is 44.2 Å². The van der Waals surface area contributed by atoms with E-state index in [-0.39, 0.29) is 5.69 Å². The molecule has 2 aromatic rings. The molecule has 0 fully saturated rings. The highest BCUT2D eigenvalue weighted by Crippen LogP contribution is 2.19. The molecule has 0 radical (unpaired) electrons. The van der Waals surface area contributed by atoms with Crippen molar-refractivity contribution in [3.8, 4) is 5.75 Å². The Hall–Kier alpha value is -3.09. The van der Waals surface area contributed by atoms with Crippen molar-refractivity contribution in [2.45, 2.75) is 20.0 Å². The Morgan fingerprint density at radius 1 is 1.08 bits per heavy atom. The van der Waals surface area contributed by atoms with Crippen LogP contribution in [0.1, 0.15) is 12.5 Å². The van der Waals surface area contributed by atoms with Gasteiger partial charge in [0.05, 0.1) is 12.8 Å². The smallest absolute Gasteiger partial charge is 0.411 e. The van der Waals surface area contributed by atoms with Gasteiger partial charge in [-0.3, -0.25) is 10.1 Å². The highest BCUT2D eigenvalue weighted by molar-refractivity contribution is 5.94. The minimum atomic E-state index is -0.833. The van der Waals surface area contributed by atoms with Crippen molar-refractivity contribution < 1.29 is 23.5 Å². The van der Waals surface area contributed by atoms with Crippen molar-refractivity contribution >= 4 is 23.4 Å². The van der Waals surface area contributed by atoms with Gasteiger partial charge in [-0.1, -0.05) is 6.07 Å². The van der Waals surface area contributed by atoms with E-state index in [4.69, 9.17) is 4.74 Å². The van der Waals surface area contributed by atoms with Gasteiger partial charge in [-0.05, 0) is 55.8 Å². The zero-order chi connectivity index (χ0) is 18.4. The van der Waals surface area contributed by atoms with Crippen LogP contribution in [0.3, 0.4) is 0 Å². The summed E-state index contributed by atoms with van der Waals surface area (Å²) in [5.41, 5.74) is 1.39. The quantitative estimate of drug-likeness (QED) is 0.865. The number of carbonyl (C=O) groups is 2. The van der Waals surface area contributed by atoms with Gasteiger partial charge in [0.2, 0.25) is 0 Å². The van der Waals surface area contributed by atoms with Gasteiger partial charge in [-0.25, -0.2) is 9.18 Å². The lowest BCUT2D eigenvalue weighted by atomic mass is 10.2. The number of ether oxygens (including phenoxy) is 2. The molecule has 2 rings (SSSR count). The van der Waals surface area contributed by atoms with Crippen molar-refractivity contribution in [2.24, 2.45) is 0 Å². The van der Waals surface area contributed by atoms with E-state index in [1.807, 2.05) is 0 Å². The Bertz CT molecular complexity index is 762. The van der Waals surface area contributed by atoms with E-state index in [2.05, 4.69) is 15.4 Å². The molecule has 0 heterocycles. The molecule has 1 unspecified atom stereocenters. The second-order valence-corrected chi connectivity index (χ2v) is 5.37. The summed E-state index contributed by atoms with van der Waals surface area (Å²) in [6.45, 7) is 3.32. The molecular formula is C18H19FN2O4. The van der Waals surface area contributed by atoms with Crippen LogP contribution in [0.15, 0.2) is 42.5 Å². The number of benzene rings is 2. The first-order valence-corrected chi connectivity index (χ1v) is 7.57. The molecule has 25 heavy (non-hydrogen) atoms. The van der Waals surface area contributed by atoms with Crippen LogP contribution >= 0.6 is 0 Å². The predicted octanol–water partition coefficient (Wildman–Crippen LogP) is 3.72. The number of rotatable bonds is 5. The number of hydrogen-bond acceptors (Lipinski definition) is 4. The van der Waals surface area contributed by atoms with Crippen LogP contribution in [-0.2, 0) is 9.53 Å². The Morgan fingerprint density at radius 2 is 1.76 bits per heavy atom. The van der Waals surface area contributed by atoms with Crippen molar-refractivity contribution in [1.82, 2.24) is 0 Å². The van der Waals surface area contributed by atoms with Crippen molar-refractivity contribution in [2.75, 3.05) is 17.7 Å². The Kier molecular flexibility index (Phi) is 5.94. The number of aryl methyl sites for hydroxylation is 1. The number of amides is 2. The molecule has 6 nitrogen and oxygen atoms in total. The Balaban J connectivity index is 1.95. The van der Waals surface area contributed by atoms with Crippen LogP contribution in [0.2, 0.25) is 0 Å². The number of anilines is 2. The summed E-state index contributed by atoms with van der Waals surface area (Å²) < 4.78 is 23.8. The molecule has 132 valence electrons. The zero-order valence-corrected chi connectivity index (χ0v) is 14.1. The van der Waals surface area contributed by atoms with Crippen molar-refractivity contribution in [3.63, 3.8) is 0 Å². The Labute approximate surface area is 144 Å². The molecule has 7 heteroatoms. The molecule has 0 bridgehead atoms. The number of nitrogens with one attached hydrogen (secondary N) is 2. The third kappa shape index (κ3) is 5.20.